The van der Waals surface area contributed by atoms with Crippen molar-refractivity contribution in [3.63, 3.8) is 0 Å². The third-order valence-electron chi connectivity index (χ3n) is 3.13. The fourth-order valence-electron chi connectivity index (χ4n) is 2.49. The Bertz CT molecular complexity index is 110. The molecule has 0 aromatic carbocycles. The molecule has 0 amide bonds. The molecule has 0 spiro atoms. The van der Waals surface area contributed by atoms with Crippen LogP contribution in [0.25, 0.3) is 0 Å². The first kappa shape index (κ1) is 6.76. The number of hydrogen-bond donors (Lipinski definition) is 0. The van der Waals surface area contributed by atoms with Crippen molar-refractivity contribution in [1.29, 1.82) is 0 Å². The molecule has 1 radical (unpaired) electrons. The zero-order chi connectivity index (χ0) is 6.97. The minimum atomic E-state index is 1.00. The smallest absolute Gasteiger partial charge is 0.0690 e. The lowest BCUT2D eigenvalue weighted by atomic mass is 9.37. The van der Waals surface area contributed by atoms with E-state index in [-0.39, 0.29) is 0 Å². The van der Waals surface area contributed by atoms with Crippen molar-refractivity contribution >= 4 is 7.28 Å². The lowest BCUT2D eigenvalue weighted by Crippen LogP contribution is -2.28. The maximum absolute atomic E-state index is 2.59. The first-order valence-corrected chi connectivity index (χ1v) is 4.69. The van der Waals surface area contributed by atoms with Gasteiger partial charge in [-0.2, -0.15) is 0 Å². The quantitative estimate of drug-likeness (QED) is 0.448. The molecule has 0 aromatic rings. The predicted octanol–water partition coefficient (Wildman–Crippen LogP) is 2.88. The largest absolute Gasteiger partial charge is 0.117 e. The van der Waals surface area contributed by atoms with Crippen LogP contribution in [0.3, 0.4) is 0 Å². The summed E-state index contributed by atoms with van der Waals surface area (Å²) in [7, 11) is 2.59. The highest BCUT2D eigenvalue weighted by Gasteiger charge is 2.32. The van der Waals surface area contributed by atoms with E-state index >= 15 is 0 Å². The van der Waals surface area contributed by atoms with Gasteiger partial charge >= 0.3 is 0 Å². The molecule has 0 aromatic heterocycles. The lowest BCUT2D eigenvalue weighted by molar-refractivity contribution is 0.370. The maximum Gasteiger partial charge on any atom is 0.117 e. The Morgan fingerprint density at radius 2 is 1.90 bits per heavy atom. The van der Waals surface area contributed by atoms with Gasteiger partial charge in [0, 0.05) is 0 Å². The van der Waals surface area contributed by atoms with Gasteiger partial charge < -0.3 is 0 Å². The monoisotopic (exact) mass is 135 g/mol. The zero-order valence-corrected chi connectivity index (χ0v) is 6.84. The summed E-state index contributed by atoms with van der Waals surface area (Å²) in [6.07, 6.45) is 7.46. The third kappa shape index (κ3) is 1.23. The molecule has 2 saturated heterocycles. The summed E-state index contributed by atoms with van der Waals surface area (Å²) < 4.78 is 0. The zero-order valence-electron chi connectivity index (χ0n) is 6.84. The second-order valence-corrected chi connectivity index (χ2v) is 4.22. The van der Waals surface area contributed by atoms with Gasteiger partial charge in [0.2, 0.25) is 0 Å². The maximum atomic E-state index is 2.59. The van der Waals surface area contributed by atoms with Gasteiger partial charge in [0.1, 0.15) is 7.28 Å². The van der Waals surface area contributed by atoms with Crippen molar-refractivity contribution in [1.82, 2.24) is 0 Å². The van der Waals surface area contributed by atoms with Crippen LogP contribution in [0.2, 0.25) is 11.6 Å². The van der Waals surface area contributed by atoms with E-state index in [1.165, 1.54) is 32.1 Å². The Hall–Kier alpha value is 0.0649. The predicted molar refractivity (Wildman–Crippen MR) is 45.5 cm³/mol. The minimum Gasteiger partial charge on any atom is -0.0690 e. The van der Waals surface area contributed by atoms with E-state index in [1.807, 2.05) is 0 Å². The molecule has 0 N–H and O–H groups in total. The Labute approximate surface area is 64.6 Å². The molecule has 3 atom stereocenters. The van der Waals surface area contributed by atoms with E-state index < -0.39 is 0 Å². The lowest BCUT2D eigenvalue weighted by Gasteiger charge is -2.38. The summed E-state index contributed by atoms with van der Waals surface area (Å²) in [5, 5.41) is 0. The molecular weight excluding hydrogens is 119 g/mol. The summed E-state index contributed by atoms with van der Waals surface area (Å²) in [6, 6.07) is 0. The molecule has 3 aliphatic rings. The second-order valence-electron chi connectivity index (χ2n) is 4.22. The SMILES string of the molecule is CC1CCCC2[B]C(C1)C2. The van der Waals surface area contributed by atoms with Crippen LogP contribution in [0.5, 0.6) is 0 Å². The van der Waals surface area contributed by atoms with Crippen LogP contribution in [0, 0.1) is 5.92 Å². The molecule has 2 aliphatic heterocycles. The molecule has 1 aliphatic carbocycles. The van der Waals surface area contributed by atoms with Crippen LogP contribution in [-0.2, 0) is 0 Å². The molecule has 3 fully saturated rings. The van der Waals surface area contributed by atoms with Gasteiger partial charge in [0.15, 0.2) is 0 Å². The summed E-state index contributed by atoms with van der Waals surface area (Å²) in [5.74, 6) is 3.04. The van der Waals surface area contributed by atoms with E-state index in [9.17, 15) is 0 Å². The van der Waals surface area contributed by atoms with E-state index in [0.29, 0.717) is 0 Å². The van der Waals surface area contributed by atoms with Crippen molar-refractivity contribution < 1.29 is 0 Å². The number of rotatable bonds is 0. The van der Waals surface area contributed by atoms with E-state index in [1.54, 1.807) is 0 Å². The standard InChI is InChI=1S/C9H16B/c1-7-3-2-4-8-6-9(5-7)10-8/h7-9H,2-6H2,1H3. The third-order valence-corrected chi connectivity index (χ3v) is 3.13. The fourth-order valence-corrected chi connectivity index (χ4v) is 2.49. The van der Waals surface area contributed by atoms with E-state index in [2.05, 4.69) is 14.2 Å². The normalized spacial score (nSPS) is 46.3. The Balaban J connectivity index is 1.88. The van der Waals surface area contributed by atoms with E-state index in [0.717, 1.165) is 17.6 Å². The van der Waals surface area contributed by atoms with Gasteiger partial charge in [0.25, 0.3) is 0 Å². The van der Waals surface area contributed by atoms with Crippen LogP contribution in [-0.4, -0.2) is 7.28 Å². The molecule has 3 unspecified atom stereocenters. The molecule has 10 heavy (non-hydrogen) atoms. The van der Waals surface area contributed by atoms with Crippen LogP contribution in [0.15, 0.2) is 0 Å². The number of fused-ring (bicyclic) bond motifs is 4. The van der Waals surface area contributed by atoms with Crippen LogP contribution >= 0.6 is 0 Å². The van der Waals surface area contributed by atoms with Gasteiger partial charge in [-0.25, -0.2) is 0 Å². The Kier molecular flexibility index (Phi) is 1.75. The minimum absolute atomic E-state index is 1.00. The van der Waals surface area contributed by atoms with Crippen molar-refractivity contribution in [2.75, 3.05) is 0 Å². The van der Waals surface area contributed by atoms with Gasteiger partial charge in [-0.15, -0.1) is 0 Å². The average Bonchev–Trinajstić information content (AvgIpc) is 1.73. The molecule has 2 bridgehead atoms. The highest BCUT2D eigenvalue weighted by molar-refractivity contribution is 6.43. The second kappa shape index (κ2) is 2.60. The molecule has 1 saturated carbocycles. The first-order valence-electron chi connectivity index (χ1n) is 4.69. The van der Waals surface area contributed by atoms with Crippen molar-refractivity contribution in [3.05, 3.63) is 0 Å². The molecular formula is C9H16B. The molecule has 2 heterocycles. The van der Waals surface area contributed by atoms with Crippen LogP contribution in [0.1, 0.15) is 39.0 Å². The van der Waals surface area contributed by atoms with Gasteiger partial charge in [-0.05, 0) is 5.92 Å². The topological polar surface area (TPSA) is 0 Å². The summed E-state index contributed by atoms with van der Waals surface area (Å²) >= 11 is 0. The van der Waals surface area contributed by atoms with Crippen molar-refractivity contribution in [2.45, 2.75) is 50.7 Å². The average molecular weight is 135 g/mol. The molecule has 55 valence electrons. The van der Waals surface area contributed by atoms with Gasteiger partial charge in [-0.1, -0.05) is 50.7 Å². The molecule has 0 nitrogen and oxygen atoms in total. The first-order chi connectivity index (χ1) is 4.84. The molecule has 1 heteroatoms. The van der Waals surface area contributed by atoms with Crippen LogP contribution < -0.4 is 0 Å². The highest BCUT2D eigenvalue weighted by Crippen LogP contribution is 2.45. The molecule has 3 rings (SSSR count). The Morgan fingerprint density at radius 1 is 1.10 bits per heavy atom. The number of hydrogen-bond acceptors (Lipinski definition) is 0. The van der Waals surface area contributed by atoms with Gasteiger partial charge in [-0.3, -0.25) is 0 Å². The van der Waals surface area contributed by atoms with Gasteiger partial charge in [0.05, 0.1) is 0 Å². The van der Waals surface area contributed by atoms with E-state index in [4.69, 9.17) is 0 Å². The van der Waals surface area contributed by atoms with Crippen molar-refractivity contribution in [2.24, 2.45) is 5.92 Å². The van der Waals surface area contributed by atoms with Crippen molar-refractivity contribution in [3.8, 4) is 0 Å². The van der Waals surface area contributed by atoms with Crippen LogP contribution in [0.4, 0.5) is 0 Å². The summed E-state index contributed by atoms with van der Waals surface area (Å²) in [6.45, 7) is 2.41. The highest BCUT2D eigenvalue weighted by atomic mass is 14.3. The summed E-state index contributed by atoms with van der Waals surface area (Å²) in [5.41, 5.74) is 0. The fraction of sp³-hybridized carbons (Fsp3) is 1.00. The Morgan fingerprint density at radius 3 is 2.70 bits per heavy atom. The summed E-state index contributed by atoms with van der Waals surface area (Å²) in [4.78, 5) is 0.